The highest BCUT2D eigenvalue weighted by Crippen LogP contribution is 2.25. The molecule has 104 valence electrons. The van der Waals surface area contributed by atoms with Gasteiger partial charge in [0.1, 0.15) is 0 Å². The Kier molecular flexibility index (Phi) is 4.30. The Bertz CT molecular complexity index is 636. The van der Waals surface area contributed by atoms with Gasteiger partial charge in [-0.05, 0) is 48.7 Å². The molecule has 3 nitrogen and oxygen atoms in total. The number of halogens is 1. The minimum atomic E-state index is -0.0656. The summed E-state index contributed by atoms with van der Waals surface area (Å²) >= 11 is 5.82. The maximum absolute atomic E-state index is 12.1. The van der Waals surface area contributed by atoms with Crippen molar-refractivity contribution in [3.05, 3.63) is 58.1 Å². The second-order valence-electron chi connectivity index (χ2n) is 4.82. The molecule has 0 aliphatic heterocycles. The molecule has 0 saturated heterocycles. The highest BCUT2D eigenvalue weighted by Gasteiger charge is 2.10. The summed E-state index contributed by atoms with van der Waals surface area (Å²) in [6.45, 7) is 3.85. The van der Waals surface area contributed by atoms with E-state index < -0.39 is 0 Å². The third-order valence-electron chi connectivity index (χ3n) is 3.26. The summed E-state index contributed by atoms with van der Waals surface area (Å²) in [7, 11) is 0. The van der Waals surface area contributed by atoms with Gasteiger partial charge in [-0.25, -0.2) is 0 Å². The van der Waals surface area contributed by atoms with E-state index in [4.69, 9.17) is 17.3 Å². The SMILES string of the molecule is Cc1ccc(N)c(C)c1NC(=O)Cc1ccc(Cl)cc1. The van der Waals surface area contributed by atoms with Crippen LogP contribution in [-0.2, 0) is 11.2 Å². The van der Waals surface area contributed by atoms with Gasteiger partial charge in [0.15, 0.2) is 0 Å². The van der Waals surface area contributed by atoms with Crippen molar-refractivity contribution in [2.75, 3.05) is 11.1 Å². The van der Waals surface area contributed by atoms with Crippen LogP contribution in [0.1, 0.15) is 16.7 Å². The van der Waals surface area contributed by atoms with E-state index >= 15 is 0 Å². The smallest absolute Gasteiger partial charge is 0.228 e. The van der Waals surface area contributed by atoms with Gasteiger partial charge in [0, 0.05) is 16.4 Å². The third-order valence-corrected chi connectivity index (χ3v) is 3.51. The molecule has 0 heterocycles. The molecule has 0 unspecified atom stereocenters. The van der Waals surface area contributed by atoms with Crippen LogP contribution in [0.2, 0.25) is 5.02 Å². The second-order valence-corrected chi connectivity index (χ2v) is 5.26. The van der Waals surface area contributed by atoms with Crippen molar-refractivity contribution in [3.8, 4) is 0 Å². The Morgan fingerprint density at radius 1 is 1.15 bits per heavy atom. The summed E-state index contributed by atoms with van der Waals surface area (Å²) in [5.74, 6) is -0.0656. The van der Waals surface area contributed by atoms with Gasteiger partial charge < -0.3 is 11.1 Å². The quantitative estimate of drug-likeness (QED) is 0.846. The summed E-state index contributed by atoms with van der Waals surface area (Å²) < 4.78 is 0. The number of anilines is 2. The molecular formula is C16H17ClN2O. The first-order valence-electron chi connectivity index (χ1n) is 6.37. The molecule has 4 heteroatoms. The Balaban J connectivity index is 2.12. The summed E-state index contributed by atoms with van der Waals surface area (Å²) in [4.78, 5) is 12.1. The van der Waals surface area contributed by atoms with Gasteiger partial charge in [0.05, 0.1) is 6.42 Å². The number of nitrogen functional groups attached to an aromatic ring is 1. The van der Waals surface area contributed by atoms with Gasteiger partial charge in [-0.2, -0.15) is 0 Å². The largest absolute Gasteiger partial charge is 0.398 e. The first-order chi connectivity index (χ1) is 9.47. The van der Waals surface area contributed by atoms with Crippen LogP contribution in [0.25, 0.3) is 0 Å². The molecule has 0 fully saturated rings. The molecule has 0 spiro atoms. The molecule has 0 bridgehead atoms. The minimum Gasteiger partial charge on any atom is -0.398 e. The third kappa shape index (κ3) is 3.31. The topological polar surface area (TPSA) is 55.1 Å². The molecule has 0 aliphatic carbocycles. The van der Waals surface area contributed by atoms with Crippen molar-refractivity contribution in [1.29, 1.82) is 0 Å². The van der Waals surface area contributed by atoms with E-state index in [1.807, 2.05) is 38.1 Å². The Morgan fingerprint density at radius 2 is 1.80 bits per heavy atom. The number of nitrogens with one attached hydrogen (secondary N) is 1. The van der Waals surface area contributed by atoms with Crippen molar-refractivity contribution in [1.82, 2.24) is 0 Å². The number of amides is 1. The number of carbonyl (C=O) groups is 1. The molecule has 1 amide bonds. The zero-order valence-electron chi connectivity index (χ0n) is 11.5. The van der Waals surface area contributed by atoms with E-state index in [0.29, 0.717) is 17.1 Å². The lowest BCUT2D eigenvalue weighted by Crippen LogP contribution is -2.16. The summed E-state index contributed by atoms with van der Waals surface area (Å²) in [6.07, 6.45) is 0.310. The van der Waals surface area contributed by atoms with E-state index in [-0.39, 0.29) is 5.91 Å². The molecule has 0 radical (unpaired) electrons. The number of benzene rings is 2. The van der Waals surface area contributed by atoms with Crippen LogP contribution in [-0.4, -0.2) is 5.91 Å². The average Bonchev–Trinajstić information content (AvgIpc) is 2.42. The van der Waals surface area contributed by atoms with Crippen LogP contribution in [0, 0.1) is 13.8 Å². The lowest BCUT2D eigenvalue weighted by Gasteiger charge is -2.13. The van der Waals surface area contributed by atoms with E-state index in [9.17, 15) is 4.79 Å². The predicted octanol–water partition coefficient (Wildman–Crippen LogP) is 3.72. The molecule has 20 heavy (non-hydrogen) atoms. The van der Waals surface area contributed by atoms with Crippen LogP contribution in [0.15, 0.2) is 36.4 Å². The fourth-order valence-electron chi connectivity index (χ4n) is 2.03. The first kappa shape index (κ1) is 14.4. The van der Waals surface area contributed by atoms with E-state index in [1.165, 1.54) is 0 Å². The van der Waals surface area contributed by atoms with Gasteiger partial charge in [-0.1, -0.05) is 29.8 Å². The number of hydrogen-bond donors (Lipinski definition) is 2. The van der Waals surface area contributed by atoms with Gasteiger partial charge in [0.2, 0.25) is 5.91 Å². The van der Waals surface area contributed by atoms with Gasteiger partial charge >= 0.3 is 0 Å². The number of nitrogens with two attached hydrogens (primary N) is 1. The zero-order valence-corrected chi connectivity index (χ0v) is 12.3. The molecule has 2 aromatic rings. The van der Waals surface area contributed by atoms with E-state index in [1.54, 1.807) is 12.1 Å². The monoisotopic (exact) mass is 288 g/mol. The maximum Gasteiger partial charge on any atom is 0.228 e. The number of rotatable bonds is 3. The van der Waals surface area contributed by atoms with Crippen LogP contribution >= 0.6 is 11.6 Å². The number of hydrogen-bond acceptors (Lipinski definition) is 2. The fourth-order valence-corrected chi connectivity index (χ4v) is 2.15. The Morgan fingerprint density at radius 3 is 2.45 bits per heavy atom. The standard InChI is InChI=1S/C16H17ClN2O/c1-10-3-8-14(18)11(2)16(10)19-15(20)9-12-4-6-13(17)7-5-12/h3-8H,9,18H2,1-2H3,(H,19,20). The average molecular weight is 289 g/mol. The van der Waals surface area contributed by atoms with Crippen LogP contribution < -0.4 is 11.1 Å². The lowest BCUT2D eigenvalue weighted by molar-refractivity contribution is -0.115. The van der Waals surface area contributed by atoms with Crippen molar-refractivity contribution >= 4 is 28.9 Å². The molecule has 3 N–H and O–H groups in total. The lowest BCUT2D eigenvalue weighted by atomic mass is 10.1. The summed E-state index contributed by atoms with van der Waals surface area (Å²) in [5.41, 5.74) is 10.2. The highest BCUT2D eigenvalue weighted by molar-refractivity contribution is 6.30. The normalized spacial score (nSPS) is 10.3. The summed E-state index contributed by atoms with van der Waals surface area (Å²) in [6, 6.07) is 11.0. The van der Waals surface area contributed by atoms with Gasteiger partial charge in [-0.15, -0.1) is 0 Å². The van der Waals surface area contributed by atoms with Crippen molar-refractivity contribution in [2.45, 2.75) is 20.3 Å². The zero-order chi connectivity index (χ0) is 14.7. The summed E-state index contributed by atoms with van der Waals surface area (Å²) in [5, 5.41) is 3.59. The maximum atomic E-state index is 12.1. The highest BCUT2D eigenvalue weighted by atomic mass is 35.5. The predicted molar refractivity (Wildman–Crippen MR) is 84.1 cm³/mol. The first-order valence-corrected chi connectivity index (χ1v) is 6.75. The molecular weight excluding hydrogens is 272 g/mol. The van der Waals surface area contributed by atoms with Crippen molar-refractivity contribution in [3.63, 3.8) is 0 Å². The minimum absolute atomic E-state index is 0.0656. The van der Waals surface area contributed by atoms with Gasteiger partial charge in [0.25, 0.3) is 0 Å². The molecule has 0 saturated carbocycles. The second kappa shape index (κ2) is 5.97. The van der Waals surface area contributed by atoms with Crippen LogP contribution in [0.4, 0.5) is 11.4 Å². The number of carbonyl (C=O) groups excluding carboxylic acids is 1. The van der Waals surface area contributed by atoms with Gasteiger partial charge in [-0.3, -0.25) is 4.79 Å². The molecule has 2 rings (SSSR count). The van der Waals surface area contributed by atoms with E-state index in [0.717, 1.165) is 22.4 Å². The Labute approximate surface area is 123 Å². The molecule has 0 atom stereocenters. The van der Waals surface area contributed by atoms with Crippen LogP contribution in [0.5, 0.6) is 0 Å². The molecule has 0 aliphatic rings. The number of aryl methyl sites for hydroxylation is 1. The molecule has 2 aromatic carbocycles. The Hall–Kier alpha value is -2.00. The molecule has 0 aromatic heterocycles. The van der Waals surface area contributed by atoms with E-state index in [2.05, 4.69) is 5.32 Å². The van der Waals surface area contributed by atoms with Crippen LogP contribution in [0.3, 0.4) is 0 Å². The van der Waals surface area contributed by atoms with Crippen molar-refractivity contribution < 1.29 is 4.79 Å². The van der Waals surface area contributed by atoms with Crippen molar-refractivity contribution in [2.24, 2.45) is 0 Å². The fraction of sp³-hybridized carbons (Fsp3) is 0.188.